The Hall–Kier alpha value is -2.42. The minimum atomic E-state index is -4.48. The van der Waals surface area contributed by atoms with Crippen molar-refractivity contribution in [1.82, 2.24) is 15.5 Å². The number of alkyl halides is 3. The molecule has 6 nitrogen and oxygen atoms in total. The van der Waals surface area contributed by atoms with E-state index in [0.29, 0.717) is 11.4 Å². The van der Waals surface area contributed by atoms with E-state index in [1.807, 2.05) is 0 Å². The number of benzene rings is 1. The average molecular weight is 383 g/mol. The summed E-state index contributed by atoms with van der Waals surface area (Å²) in [4.78, 5) is 17.2. The highest BCUT2D eigenvalue weighted by Gasteiger charge is 2.43. The van der Waals surface area contributed by atoms with E-state index >= 15 is 0 Å². The van der Waals surface area contributed by atoms with Gasteiger partial charge in [0.2, 0.25) is 11.8 Å². The average Bonchev–Trinajstić information content (AvgIpc) is 3.08. The maximum atomic E-state index is 13.1. The number of carbonyl (C=O) groups excluding carboxylic acids is 1. The maximum Gasteiger partial charge on any atom is 0.416 e. The molecule has 1 aliphatic rings. The Kier molecular flexibility index (Phi) is 5.23. The van der Waals surface area contributed by atoms with Gasteiger partial charge in [-0.2, -0.15) is 18.2 Å². The number of aromatic nitrogens is 2. The maximum absolute atomic E-state index is 13.1. The van der Waals surface area contributed by atoms with Crippen LogP contribution < -0.4 is 5.32 Å². The van der Waals surface area contributed by atoms with Gasteiger partial charge in [-0.25, -0.2) is 0 Å². The fraction of sp³-hybridized carbons (Fsp3) is 0.500. The first-order valence-corrected chi connectivity index (χ1v) is 8.59. The second kappa shape index (κ2) is 7.30. The molecule has 27 heavy (non-hydrogen) atoms. The van der Waals surface area contributed by atoms with Gasteiger partial charge in [-0.15, -0.1) is 0 Å². The number of amides is 1. The van der Waals surface area contributed by atoms with E-state index in [9.17, 15) is 18.0 Å². The van der Waals surface area contributed by atoms with Crippen molar-refractivity contribution >= 4 is 5.91 Å². The summed E-state index contributed by atoms with van der Waals surface area (Å²) in [5, 5.41) is 6.49. The van der Waals surface area contributed by atoms with Crippen molar-refractivity contribution in [3.63, 3.8) is 0 Å². The number of aryl methyl sites for hydroxylation is 1. The quantitative estimate of drug-likeness (QED) is 0.876. The summed E-state index contributed by atoms with van der Waals surface area (Å²) in [7, 11) is 0. The molecule has 1 saturated heterocycles. The van der Waals surface area contributed by atoms with Crippen molar-refractivity contribution in [3.05, 3.63) is 47.1 Å². The van der Waals surface area contributed by atoms with Gasteiger partial charge in [0.1, 0.15) is 6.04 Å². The van der Waals surface area contributed by atoms with Crippen LogP contribution in [0, 0.1) is 6.92 Å². The summed E-state index contributed by atoms with van der Waals surface area (Å²) >= 11 is 0. The summed E-state index contributed by atoms with van der Waals surface area (Å²) in [5.41, 5.74) is -1.56. The molecule has 1 aromatic heterocycles. The molecule has 1 aromatic carbocycles. The molecule has 146 valence electrons. The van der Waals surface area contributed by atoms with Crippen LogP contribution in [0.15, 0.2) is 28.8 Å². The Balaban J connectivity index is 1.92. The van der Waals surface area contributed by atoms with E-state index in [4.69, 9.17) is 9.26 Å². The number of ether oxygens (including phenoxy) is 1. The summed E-state index contributed by atoms with van der Waals surface area (Å²) in [6.45, 7) is 3.92. The van der Waals surface area contributed by atoms with Crippen LogP contribution in [-0.2, 0) is 21.1 Å². The van der Waals surface area contributed by atoms with Gasteiger partial charge >= 0.3 is 6.18 Å². The van der Waals surface area contributed by atoms with Crippen LogP contribution in [0.4, 0.5) is 13.2 Å². The molecule has 9 heteroatoms. The predicted molar refractivity (Wildman–Crippen MR) is 88.8 cm³/mol. The van der Waals surface area contributed by atoms with Crippen LogP contribution in [-0.4, -0.2) is 29.3 Å². The van der Waals surface area contributed by atoms with Crippen LogP contribution in [0.1, 0.15) is 48.6 Å². The number of rotatable bonds is 4. The fourth-order valence-electron chi connectivity index (χ4n) is 3.25. The van der Waals surface area contributed by atoms with Crippen LogP contribution in [0.25, 0.3) is 0 Å². The zero-order chi connectivity index (χ0) is 19.7. The molecule has 0 spiro atoms. The SMILES string of the molecule is Cc1noc(C(C)NC(=O)C2(c3cccc(C(F)(F)F)c3)CCOCC2)n1. The number of nitrogens with one attached hydrogen (secondary N) is 1. The van der Waals surface area contributed by atoms with E-state index in [0.717, 1.165) is 12.1 Å². The van der Waals surface area contributed by atoms with Crippen molar-refractivity contribution in [2.24, 2.45) is 0 Å². The molecule has 2 aromatic rings. The summed E-state index contributed by atoms with van der Waals surface area (Å²) in [6, 6.07) is 4.36. The van der Waals surface area contributed by atoms with Crippen LogP contribution in [0.5, 0.6) is 0 Å². The molecule has 1 fully saturated rings. The van der Waals surface area contributed by atoms with E-state index in [1.165, 1.54) is 6.07 Å². The van der Waals surface area contributed by atoms with Gasteiger partial charge in [-0.05, 0) is 38.3 Å². The Morgan fingerprint density at radius 1 is 1.30 bits per heavy atom. The van der Waals surface area contributed by atoms with Crippen molar-refractivity contribution < 1.29 is 27.2 Å². The van der Waals surface area contributed by atoms with Crippen LogP contribution in [0.2, 0.25) is 0 Å². The van der Waals surface area contributed by atoms with Gasteiger partial charge in [0.15, 0.2) is 5.82 Å². The molecule has 1 atom stereocenters. The lowest BCUT2D eigenvalue weighted by Crippen LogP contribution is -2.48. The first kappa shape index (κ1) is 19.3. The van der Waals surface area contributed by atoms with Crippen LogP contribution >= 0.6 is 0 Å². The largest absolute Gasteiger partial charge is 0.416 e. The standard InChI is InChI=1S/C18H20F3N3O3/c1-11(15-23-12(2)24-27-15)22-16(25)17(6-8-26-9-7-17)13-4-3-5-14(10-13)18(19,20)21/h3-5,10-11H,6-9H2,1-2H3,(H,22,25). The second-order valence-corrected chi connectivity index (χ2v) is 6.65. The van der Waals surface area contributed by atoms with Crippen molar-refractivity contribution in [2.45, 2.75) is 44.3 Å². The fourth-order valence-corrected chi connectivity index (χ4v) is 3.25. The normalized spacial score (nSPS) is 18.1. The Bertz CT molecular complexity index is 813. The molecule has 0 saturated carbocycles. The molecule has 0 radical (unpaired) electrons. The lowest BCUT2D eigenvalue weighted by Gasteiger charge is -2.37. The lowest BCUT2D eigenvalue weighted by molar-refractivity contribution is -0.138. The summed E-state index contributed by atoms with van der Waals surface area (Å²) in [5.74, 6) is 0.297. The zero-order valence-corrected chi connectivity index (χ0v) is 15.0. The van der Waals surface area contributed by atoms with Gasteiger partial charge in [0.25, 0.3) is 0 Å². The highest BCUT2D eigenvalue weighted by molar-refractivity contribution is 5.88. The van der Waals surface area contributed by atoms with Crippen molar-refractivity contribution in [2.75, 3.05) is 13.2 Å². The third kappa shape index (κ3) is 3.97. The minimum absolute atomic E-state index is 0.243. The summed E-state index contributed by atoms with van der Waals surface area (Å²) < 4.78 is 49.8. The summed E-state index contributed by atoms with van der Waals surface area (Å²) in [6.07, 6.45) is -3.90. The Morgan fingerprint density at radius 3 is 2.59 bits per heavy atom. The topological polar surface area (TPSA) is 77.2 Å². The Labute approximate surface area is 154 Å². The first-order chi connectivity index (χ1) is 12.7. The number of halogens is 3. The molecule has 3 rings (SSSR count). The molecule has 1 N–H and O–H groups in total. The van der Waals surface area contributed by atoms with E-state index in [2.05, 4.69) is 15.5 Å². The van der Waals surface area contributed by atoms with Crippen LogP contribution in [0.3, 0.4) is 0 Å². The van der Waals surface area contributed by atoms with Gasteiger partial charge < -0.3 is 14.6 Å². The van der Waals surface area contributed by atoms with Gasteiger partial charge in [-0.1, -0.05) is 23.4 Å². The predicted octanol–water partition coefficient (Wildman–Crippen LogP) is 3.32. The van der Waals surface area contributed by atoms with E-state index in [-0.39, 0.29) is 37.9 Å². The smallest absolute Gasteiger partial charge is 0.381 e. The molecule has 1 unspecified atom stereocenters. The van der Waals surface area contributed by atoms with Gasteiger partial charge in [-0.3, -0.25) is 4.79 Å². The first-order valence-electron chi connectivity index (χ1n) is 8.59. The number of hydrogen-bond acceptors (Lipinski definition) is 5. The number of hydrogen-bond donors (Lipinski definition) is 1. The van der Waals surface area contributed by atoms with Gasteiger partial charge in [0.05, 0.1) is 11.0 Å². The highest BCUT2D eigenvalue weighted by atomic mass is 19.4. The third-order valence-electron chi connectivity index (χ3n) is 4.78. The number of nitrogens with zero attached hydrogens (tertiary/aromatic N) is 2. The third-order valence-corrected chi connectivity index (χ3v) is 4.78. The minimum Gasteiger partial charge on any atom is -0.381 e. The molecular formula is C18H20F3N3O3. The Morgan fingerprint density at radius 2 is 2.00 bits per heavy atom. The molecule has 0 bridgehead atoms. The van der Waals surface area contributed by atoms with Gasteiger partial charge in [0, 0.05) is 13.2 Å². The van der Waals surface area contributed by atoms with Crippen molar-refractivity contribution in [1.29, 1.82) is 0 Å². The molecule has 1 amide bonds. The molecular weight excluding hydrogens is 363 g/mol. The number of carbonyl (C=O) groups is 1. The van der Waals surface area contributed by atoms with E-state index < -0.39 is 23.2 Å². The molecule has 1 aliphatic heterocycles. The van der Waals surface area contributed by atoms with Crippen molar-refractivity contribution in [3.8, 4) is 0 Å². The second-order valence-electron chi connectivity index (χ2n) is 6.65. The lowest BCUT2D eigenvalue weighted by atomic mass is 9.73. The van der Waals surface area contributed by atoms with E-state index in [1.54, 1.807) is 19.9 Å². The zero-order valence-electron chi connectivity index (χ0n) is 15.0. The highest BCUT2D eigenvalue weighted by Crippen LogP contribution is 2.38. The molecule has 0 aliphatic carbocycles. The molecule has 2 heterocycles. The monoisotopic (exact) mass is 383 g/mol.